The van der Waals surface area contributed by atoms with Crippen LogP contribution in [0.2, 0.25) is 0 Å². The van der Waals surface area contributed by atoms with E-state index in [0.29, 0.717) is 6.42 Å². The van der Waals surface area contributed by atoms with Crippen LogP contribution in [0, 0.1) is 21.8 Å². The number of methoxy groups -OCH3 is 1. The number of aliphatic hydroxyl groups is 1. The van der Waals surface area contributed by atoms with E-state index >= 15 is 0 Å². The monoisotopic (exact) mass is 271 g/mol. The van der Waals surface area contributed by atoms with Gasteiger partial charge >= 0.3 is 0 Å². The van der Waals surface area contributed by atoms with Gasteiger partial charge in [0.25, 0.3) is 5.69 Å². The summed E-state index contributed by atoms with van der Waals surface area (Å²) in [7, 11) is 1.29. The van der Waals surface area contributed by atoms with Crippen LogP contribution < -0.4 is 4.74 Å². The van der Waals surface area contributed by atoms with E-state index in [9.17, 15) is 19.6 Å². The first-order chi connectivity index (χ1) is 8.85. The summed E-state index contributed by atoms with van der Waals surface area (Å²) in [4.78, 5) is 10.2. The lowest BCUT2D eigenvalue weighted by Crippen LogP contribution is -2.14. The molecule has 0 aliphatic carbocycles. The van der Waals surface area contributed by atoms with Crippen molar-refractivity contribution in [2.75, 3.05) is 7.11 Å². The second-order valence-electron chi connectivity index (χ2n) is 4.86. The molecule has 0 aliphatic rings. The minimum Gasteiger partial charge on any atom is -0.494 e. The topological polar surface area (TPSA) is 72.6 Å². The molecule has 19 heavy (non-hydrogen) atoms. The molecule has 0 fully saturated rings. The zero-order valence-electron chi connectivity index (χ0n) is 11.2. The van der Waals surface area contributed by atoms with Crippen molar-refractivity contribution in [1.29, 1.82) is 0 Å². The highest BCUT2D eigenvalue weighted by Gasteiger charge is 2.21. The van der Waals surface area contributed by atoms with Crippen molar-refractivity contribution >= 4 is 5.69 Å². The second kappa shape index (κ2) is 6.47. The number of nitro benzene ring substituents is 1. The molecular weight excluding hydrogens is 253 g/mol. The Morgan fingerprint density at radius 1 is 1.47 bits per heavy atom. The third kappa shape index (κ3) is 4.17. The molecule has 106 valence electrons. The third-order valence-electron chi connectivity index (χ3n) is 2.75. The van der Waals surface area contributed by atoms with Gasteiger partial charge in [0.2, 0.25) is 0 Å². The van der Waals surface area contributed by atoms with Crippen LogP contribution in [0.5, 0.6) is 5.75 Å². The fraction of sp³-hybridized carbons (Fsp3) is 0.538. The molecule has 0 aromatic heterocycles. The summed E-state index contributed by atoms with van der Waals surface area (Å²) in [5, 5.41) is 20.7. The second-order valence-corrected chi connectivity index (χ2v) is 4.86. The summed E-state index contributed by atoms with van der Waals surface area (Å²) in [6.45, 7) is 3.89. The quantitative estimate of drug-likeness (QED) is 0.637. The number of hydrogen-bond acceptors (Lipinski definition) is 4. The van der Waals surface area contributed by atoms with Gasteiger partial charge < -0.3 is 9.84 Å². The van der Waals surface area contributed by atoms with Crippen molar-refractivity contribution in [2.24, 2.45) is 5.92 Å². The fourth-order valence-corrected chi connectivity index (χ4v) is 1.96. The smallest absolute Gasteiger partial charge is 0.275 e. The lowest BCUT2D eigenvalue weighted by Gasteiger charge is -2.14. The Balaban J connectivity index is 3.06. The van der Waals surface area contributed by atoms with Crippen molar-refractivity contribution in [2.45, 2.75) is 32.8 Å². The van der Waals surface area contributed by atoms with Gasteiger partial charge in [-0.3, -0.25) is 10.1 Å². The molecule has 1 unspecified atom stereocenters. The summed E-state index contributed by atoms with van der Waals surface area (Å²) >= 11 is 0. The normalized spacial score (nSPS) is 12.5. The molecule has 5 nitrogen and oxygen atoms in total. The van der Waals surface area contributed by atoms with Gasteiger partial charge in [-0.05, 0) is 18.4 Å². The number of benzene rings is 1. The average Bonchev–Trinajstić information content (AvgIpc) is 2.29. The Bertz CT molecular complexity index is 462. The number of aliphatic hydroxyl groups excluding tert-OH is 1. The molecule has 0 spiro atoms. The van der Waals surface area contributed by atoms with Crippen molar-refractivity contribution in [1.82, 2.24) is 0 Å². The number of nitro groups is 1. The van der Waals surface area contributed by atoms with Gasteiger partial charge in [0, 0.05) is 12.0 Å². The first-order valence-corrected chi connectivity index (χ1v) is 6.04. The van der Waals surface area contributed by atoms with Gasteiger partial charge in [0.15, 0.2) is 11.6 Å². The van der Waals surface area contributed by atoms with Gasteiger partial charge in [-0.2, -0.15) is 0 Å². The Morgan fingerprint density at radius 2 is 2.11 bits per heavy atom. The maximum atomic E-state index is 13.4. The summed E-state index contributed by atoms with van der Waals surface area (Å²) < 4.78 is 18.3. The number of halogens is 1. The molecule has 0 bridgehead atoms. The number of nitrogens with zero attached hydrogens (tertiary/aromatic N) is 1. The number of hydrogen-bond donors (Lipinski definition) is 1. The molecule has 1 N–H and O–H groups in total. The van der Waals surface area contributed by atoms with Crippen molar-refractivity contribution in [3.05, 3.63) is 33.6 Å². The van der Waals surface area contributed by atoms with Crippen LogP contribution >= 0.6 is 0 Å². The van der Waals surface area contributed by atoms with E-state index in [0.717, 1.165) is 6.07 Å². The molecule has 1 aromatic carbocycles. The van der Waals surface area contributed by atoms with E-state index in [1.807, 2.05) is 13.8 Å². The number of ether oxygens (including phenoxy) is 1. The lowest BCUT2D eigenvalue weighted by atomic mass is 9.98. The average molecular weight is 271 g/mol. The Labute approximate surface area is 111 Å². The molecular formula is C13H18FNO4. The Kier molecular flexibility index (Phi) is 5.23. The Hall–Kier alpha value is -1.69. The highest BCUT2D eigenvalue weighted by Crippen LogP contribution is 2.29. The molecule has 1 aromatic rings. The molecule has 0 amide bonds. The summed E-state index contributed by atoms with van der Waals surface area (Å²) in [5.41, 5.74) is -0.0579. The van der Waals surface area contributed by atoms with Gasteiger partial charge in [-0.25, -0.2) is 4.39 Å². The van der Waals surface area contributed by atoms with E-state index in [4.69, 9.17) is 4.74 Å². The van der Waals surface area contributed by atoms with E-state index < -0.39 is 16.8 Å². The number of rotatable bonds is 6. The van der Waals surface area contributed by atoms with Gasteiger partial charge in [0.1, 0.15) is 0 Å². The molecule has 1 rings (SSSR count). The molecule has 0 heterocycles. The molecule has 6 heteroatoms. The van der Waals surface area contributed by atoms with Crippen LogP contribution in [0.4, 0.5) is 10.1 Å². The van der Waals surface area contributed by atoms with Crippen molar-refractivity contribution in [3.8, 4) is 5.75 Å². The van der Waals surface area contributed by atoms with Gasteiger partial charge in [0.05, 0.1) is 24.2 Å². The predicted molar refractivity (Wildman–Crippen MR) is 68.8 cm³/mol. The van der Waals surface area contributed by atoms with Crippen LogP contribution in [0.25, 0.3) is 0 Å². The van der Waals surface area contributed by atoms with Gasteiger partial charge in [-0.1, -0.05) is 13.8 Å². The maximum Gasteiger partial charge on any atom is 0.275 e. The fourth-order valence-electron chi connectivity index (χ4n) is 1.96. The Morgan fingerprint density at radius 3 is 2.58 bits per heavy atom. The molecule has 0 radical (unpaired) electrons. The van der Waals surface area contributed by atoms with Crippen molar-refractivity contribution < 1.29 is 19.2 Å². The third-order valence-corrected chi connectivity index (χ3v) is 2.75. The van der Waals surface area contributed by atoms with Crippen LogP contribution in [-0.2, 0) is 6.42 Å². The summed E-state index contributed by atoms with van der Waals surface area (Å²) in [6, 6.07) is 2.10. The molecule has 0 saturated heterocycles. The minimum absolute atomic E-state index is 0.0580. The zero-order valence-corrected chi connectivity index (χ0v) is 11.2. The summed E-state index contributed by atoms with van der Waals surface area (Å²) in [5.74, 6) is -0.565. The van der Waals surface area contributed by atoms with Crippen LogP contribution in [0.1, 0.15) is 25.8 Å². The zero-order chi connectivity index (χ0) is 14.6. The first-order valence-electron chi connectivity index (χ1n) is 6.04. The predicted octanol–water partition coefficient (Wildman–Crippen LogP) is 2.69. The van der Waals surface area contributed by atoms with Gasteiger partial charge in [-0.15, -0.1) is 0 Å². The highest BCUT2D eigenvalue weighted by atomic mass is 19.1. The lowest BCUT2D eigenvalue weighted by molar-refractivity contribution is -0.385. The first kappa shape index (κ1) is 15.4. The van der Waals surface area contributed by atoms with E-state index in [-0.39, 0.29) is 29.3 Å². The molecule has 1 atom stereocenters. The van der Waals surface area contributed by atoms with Crippen LogP contribution in [0.15, 0.2) is 12.1 Å². The summed E-state index contributed by atoms with van der Waals surface area (Å²) in [6.07, 6.45) is -0.0732. The van der Waals surface area contributed by atoms with Crippen LogP contribution in [0.3, 0.4) is 0 Å². The molecule has 0 saturated carbocycles. The largest absolute Gasteiger partial charge is 0.494 e. The standard InChI is InChI=1S/C13H18FNO4/c1-8(2)4-10(16)5-9-6-13(19-3)11(14)7-12(9)15(17)18/h6-8,10,16H,4-5H2,1-3H3. The highest BCUT2D eigenvalue weighted by molar-refractivity contribution is 5.46. The van der Waals surface area contributed by atoms with Crippen molar-refractivity contribution in [3.63, 3.8) is 0 Å². The van der Waals surface area contributed by atoms with E-state index in [2.05, 4.69) is 0 Å². The molecule has 0 aliphatic heterocycles. The minimum atomic E-state index is -0.781. The van der Waals surface area contributed by atoms with Crippen LogP contribution in [-0.4, -0.2) is 23.2 Å². The van der Waals surface area contributed by atoms with E-state index in [1.165, 1.54) is 13.2 Å². The maximum absolute atomic E-state index is 13.4. The van der Waals surface area contributed by atoms with E-state index in [1.54, 1.807) is 0 Å². The SMILES string of the molecule is COc1cc(CC(O)CC(C)C)c([N+](=O)[O-])cc1F.